The quantitative estimate of drug-likeness (QED) is 0.878. The van der Waals surface area contributed by atoms with Crippen LogP contribution in [0.2, 0.25) is 0 Å². The fraction of sp³-hybridized carbons (Fsp3) is 0.471. The van der Waals surface area contributed by atoms with Gasteiger partial charge in [0.15, 0.2) is 0 Å². The number of nitriles is 1. The highest BCUT2D eigenvalue weighted by atomic mass is 16.5. The maximum atomic E-state index is 12.6. The molecule has 1 amide bonds. The molecular weight excluding hydrogens is 306 g/mol. The molecule has 0 aliphatic carbocycles. The highest BCUT2D eigenvalue weighted by Crippen LogP contribution is 2.29. The molecule has 0 aromatic carbocycles. The van der Waals surface area contributed by atoms with Crippen LogP contribution in [0.4, 0.5) is 0 Å². The van der Waals surface area contributed by atoms with Gasteiger partial charge in [-0.2, -0.15) is 5.26 Å². The van der Waals surface area contributed by atoms with Crippen LogP contribution >= 0.6 is 0 Å². The molecule has 0 bridgehead atoms. The number of nitrogens with one attached hydrogen (secondary N) is 2. The van der Waals surface area contributed by atoms with Crippen LogP contribution in [0, 0.1) is 17.2 Å². The van der Waals surface area contributed by atoms with Crippen LogP contribution in [0.15, 0.2) is 24.7 Å². The van der Waals surface area contributed by atoms with E-state index in [9.17, 15) is 4.79 Å². The number of rotatable bonds is 5. The van der Waals surface area contributed by atoms with Crippen LogP contribution in [-0.2, 0) is 11.3 Å². The second-order valence-corrected chi connectivity index (χ2v) is 5.89. The van der Waals surface area contributed by atoms with E-state index in [0.717, 1.165) is 25.2 Å². The van der Waals surface area contributed by atoms with Gasteiger partial charge in [0.1, 0.15) is 17.6 Å². The summed E-state index contributed by atoms with van der Waals surface area (Å²) >= 11 is 0. The first-order chi connectivity index (χ1) is 11.7. The van der Waals surface area contributed by atoms with Crippen molar-refractivity contribution < 1.29 is 9.53 Å². The Labute approximate surface area is 140 Å². The Hall–Kier alpha value is -2.59. The summed E-state index contributed by atoms with van der Waals surface area (Å²) in [5.41, 5.74) is 0.830. The summed E-state index contributed by atoms with van der Waals surface area (Å²) < 4.78 is 7.50. The van der Waals surface area contributed by atoms with Crippen LogP contribution < -0.4 is 5.32 Å². The third-order valence-electron chi connectivity index (χ3n) is 4.46. The standard InChI is InChI=1S/C17H21N5O2/c1-2-22-6-5-19-16(22)15(12-3-7-24-8-4-12)21-17(23)13-9-14(10-18)20-11-13/h5-6,9,11-12,15,20H,2-4,7-8H2,1H3,(H,21,23). The third kappa shape index (κ3) is 3.34. The predicted molar refractivity (Wildman–Crippen MR) is 87.2 cm³/mol. The highest BCUT2D eigenvalue weighted by molar-refractivity contribution is 5.94. The number of hydrogen-bond acceptors (Lipinski definition) is 4. The second-order valence-electron chi connectivity index (χ2n) is 5.89. The number of aromatic amines is 1. The minimum absolute atomic E-state index is 0.170. The molecule has 2 aromatic rings. The van der Waals surface area contributed by atoms with Crippen LogP contribution in [0.3, 0.4) is 0 Å². The molecule has 0 spiro atoms. The Kier molecular flexibility index (Phi) is 4.96. The van der Waals surface area contributed by atoms with Crippen LogP contribution in [0.5, 0.6) is 0 Å². The minimum atomic E-state index is -0.199. The van der Waals surface area contributed by atoms with E-state index in [1.54, 1.807) is 18.5 Å². The number of carbonyl (C=O) groups is 1. The summed E-state index contributed by atoms with van der Waals surface area (Å²) in [6.45, 7) is 4.26. The maximum absolute atomic E-state index is 12.6. The van der Waals surface area contributed by atoms with Gasteiger partial charge in [0.2, 0.25) is 0 Å². The van der Waals surface area contributed by atoms with Crippen molar-refractivity contribution in [3.8, 4) is 6.07 Å². The van der Waals surface area contributed by atoms with Gasteiger partial charge in [-0.05, 0) is 31.7 Å². The van der Waals surface area contributed by atoms with E-state index >= 15 is 0 Å². The van der Waals surface area contributed by atoms with Crippen LogP contribution in [0.1, 0.15) is 47.7 Å². The van der Waals surface area contributed by atoms with Crippen molar-refractivity contribution in [1.82, 2.24) is 19.9 Å². The Morgan fingerprint density at radius 2 is 2.38 bits per heavy atom. The van der Waals surface area contributed by atoms with E-state index in [0.29, 0.717) is 24.5 Å². The lowest BCUT2D eigenvalue weighted by Gasteiger charge is -2.30. The topological polar surface area (TPSA) is 95.7 Å². The van der Waals surface area contributed by atoms with Crippen LogP contribution in [0.25, 0.3) is 0 Å². The van der Waals surface area contributed by atoms with E-state index in [-0.39, 0.29) is 17.9 Å². The summed E-state index contributed by atoms with van der Waals surface area (Å²) in [4.78, 5) is 19.9. The molecule has 0 saturated carbocycles. The van der Waals surface area contributed by atoms with Gasteiger partial charge in [-0.15, -0.1) is 0 Å². The van der Waals surface area contributed by atoms with Crippen molar-refractivity contribution in [3.63, 3.8) is 0 Å². The molecule has 1 saturated heterocycles. The number of hydrogen-bond donors (Lipinski definition) is 2. The van der Waals surface area contributed by atoms with Crippen molar-refractivity contribution >= 4 is 5.91 Å². The first-order valence-electron chi connectivity index (χ1n) is 8.21. The van der Waals surface area contributed by atoms with Crippen LogP contribution in [-0.4, -0.2) is 33.7 Å². The van der Waals surface area contributed by atoms with Gasteiger partial charge in [-0.3, -0.25) is 4.79 Å². The van der Waals surface area contributed by atoms with E-state index in [1.807, 2.05) is 12.3 Å². The molecule has 1 fully saturated rings. The smallest absolute Gasteiger partial charge is 0.253 e. The number of aryl methyl sites for hydroxylation is 1. The van der Waals surface area contributed by atoms with Crippen molar-refractivity contribution in [2.45, 2.75) is 32.4 Å². The van der Waals surface area contributed by atoms with E-state index in [2.05, 4.69) is 26.8 Å². The van der Waals surface area contributed by atoms with Gasteiger partial charge >= 0.3 is 0 Å². The first-order valence-corrected chi connectivity index (χ1v) is 8.21. The minimum Gasteiger partial charge on any atom is -0.381 e. The summed E-state index contributed by atoms with van der Waals surface area (Å²) in [6, 6.07) is 3.38. The number of imidazole rings is 1. The van der Waals surface area contributed by atoms with Crippen molar-refractivity contribution in [3.05, 3.63) is 41.7 Å². The Bertz CT molecular complexity index is 736. The number of aromatic nitrogens is 3. The van der Waals surface area contributed by atoms with Gasteiger partial charge < -0.3 is 19.6 Å². The first kappa shape index (κ1) is 16.3. The van der Waals surface area contributed by atoms with Gasteiger partial charge in [-0.1, -0.05) is 0 Å². The van der Waals surface area contributed by atoms with E-state index in [1.165, 1.54) is 0 Å². The lowest BCUT2D eigenvalue weighted by molar-refractivity contribution is 0.0498. The zero-order chi connectivity index (χ0) is 16.9. The summed E-state index contributed by atoms with van der Waals surface area (Å²) in [5, 5.41) is 12.0. The fourth-order valence-electron chi connectivity index (χ4n) is 3.12. The summed E-state index contributed by atoms with van der Waals surface area (Å²) in [6.07, 6.45) is 7.02. The molecule has 0 radical (unpaired) electrons. The zero-order valence-electron chi connectivity index (χ0n) is 13.7. The predicted octanol–water partition coefficient (Wildman–Crippen LogP) is 2.00. The molecule has 7 nitrogen and oxygen atoms in total. The van der Waals surface area contributed by atoms with Gasteiger partial charge in [0.05, 0.1) is 11.6 Å². The molecule has 24 heavy (non-hydrogen) atoms. The van der Waals surface area contributed by atoms with Gasteiger partial charge in [-0.25, -0.2) is 4.98 Å². The molecule has 7 heteroatoms. The number of nitrogens with zero attached hydrogens (tertiary/aromatic N) is 3. The highest BCUT2D eigenvalue weighted by Gasteiger charge is 2.30. The SMILES string of the molecule is CCn1ccnc1C(NC(=O)c1c[nH]c(C#N)c1)C1CCOCC1. The summed E-state index contributed by atoms with van der Waals surface area (Å²) in [5.74, 6) is 0.952. The Morgan fingerprint density at radius 3 is 3.04 bits per heavy atom. The Morgan fingerprint density at radius 1 is 1.58 bits per heavy atom. The number of H-pyrrole nitrogens is 1. The summed E-state index contributed by atoms with van der Waals surface area (Å²) in [7, 11) is 0. The molecule has 3 rings (SSSR count). The molecule has 2 aromatic heterocycles. The Balaban J connectivity index is 1.84. The van der Waals surface area contributed by atoms with Crippen molar-refractivity contribution in [2.24, 2.45) is 5.92 Å². The molecule has 1 atom stereocenters. The molecule has 1 aliphatic rings. The monoisotopic (exact) mass is 327 g/mol. The molecule has 3 heterocycles. The van der Waals surface area contributed by atoms with Gasteiger partial charge in [0.25, 0.3) is 5.91 Å². The lowest BCUT2D eigenvalue weighted by atomic mass is 9.90. The molecule has 126 valence electrons. The number of amides is 1. The molecule has 1 aliphatic heterocycles. The molecule has 1 unspecified atom stereocenters. The second kappa shape index (κ2) is 7.32. The fourth-order valence-corrected chi connectivity index (χ4v) is 3.12. The third-order valence-corrected chi connectivity index (χ3v) is 4.46. The zero-order valence-corrected chi connectivity index (χ0v) is 13.7. The normalized spacial score (nSPS) is 16.5. The number of carbonyl (C=O) groups excluding carboxylic acids is 1. The van der Waals surface area contributed by atoms with E-state index in [4.69, 9.17) is 10.00 Å². The average molecular weight is 327 g/mol. The average Bonchev–Trinajstić information content (AvgIpc) is 3.29. The largest absolute Gasteiger partial charge is 0.381 e. The number of ether oxygens (including phenoxy) is 1. The van der Waals surface area contributed by atoms with Crippen molar-refractivity contribution in [1.29, 1.82) is 5.26 Å². The molecular formula is C17H21N5O2. The molecule has 2 N–H and O–H groups in total. The maximum Gasteiger partial charge on any atom is 0.253 e. The van der Waals surface area contributed by atoms with Gasteiger partial charge in [0, 0.05) is 38.3 Å². The van der Waals surface area contributed by atoms with Crippen molar-refractivity contribution in [2.75, 3.05) is 13.2 Å². The lowest BCUT2D eigenvalue weighted by Crippen LogP contribution is -2.37. The van der Waals surface area contributed by atoms with E-state index < -0.39 is 0 Å².